The third-order valence-electron chi connectivity index (χ3n) is 2.43. The number of phenols is 1. The Hall–Kier alpha value is -1.28. The molecule has 100 valence electrons. The normalized spacial score (nSPS) is 11.3. The monoisotopic (exact) mass is 390 g/mol. The number of phenolic OH excluding ortho intramolecular Hbond substituents is 1. The molecule has 1 N–H and O–H groups in total. The lowest BCUT2D eigenvalue weighted by Crippen LogP contribution is -2.09. The Balaban J connectivity index is 2.30. The van der Waals surface area contributed by atoms with E-state index in [0.717, 1.165) is 5.56 Å². The van der Waals surface area contributed by atoms with Gasteiger partial charge in [-0.15, -0.1) is 0 Å². The number of benzene rings is 2. The molecule has 0 saturated heterocycles. The second-order valence-corrected chi connectivity index (χ2v) is 6.67. The van der Waals surface area contributed by atoms with Crippen LogP contribution < -0.4 is 4.18 Å². The van der Waals surface area contributed by atoms with Crippen molar-refractivity contribution in [2.45, 2.75) is 11.8 Å². The van der Waals surface area contributed by atoms with Crippen LogP contribution in [0.4, 0.5) is 0 Å². The molecule has 0 atom stereocenters. The first-order valence-corrected chi connectivity index (χ1v) is 7.87. The summed E-state index contributed by atoms with van der Waals surface area (Å²) in [6.07, 6.45) is 0. The van der Waals surface area contributed by atoms with Crippen LogP contribution in [-0.4, -0.2) is 13.5 Å². The molecule has 0 aliphatic carbocycles. The molecule has 0 fully saturated rings. The second kappa shape index (κ2) is 5.38. The van der Waals surface area contributed by atoms with Gasteiger partial charge in [-0.1, -0.05) is 17.7 Å². The number of aryl methyl sites for hydroxylation is 1. The molecule has 0 bridgehead atoms. The number of hydrogen-bond donors (Lipinski definition) is 1. The van der Waals surface area contributed by atoms with Gasteiger partial charge in [0.15, 0.2) is 0 Å². The van der Waals surface area contributed by atoms with Gasteiger partial charge in [-0.05, 0) is 53.8 Å². The predicted molar refractivity (Wildman–Crippen MR) is 79.8 cm³/mol. The molecule has 2 aromatic carbocycles. The van der Waals surface area contributed by atoms with E-state index in [1.54, 1.807) is 18.2 Å². The Kier molecular flexibility index (Phi) is 4.00. The van der Waals surface area contributed by atoms with Gasteiger partial charge in [0.2, 0.25) is 0 Å². The lowest BCUT2D eigenvalue weighted by Gasteiger charge is -2.08. The van der Waals surface area contributed by atoms with Crippen molar-refractivity contribution >= 4 is 32.7 Å². The van der Waals surface area contributed by atoms with Gasteiger partial charge in [0.25, 0.3) is 0 Å². The fourth-order valence-electron chi connectivity index (χ4n) is 1.42. The van der Waals surface area contributed by atoms with E-state index in [-0.39, 0.29) is 16.4 Å². The number of aromatic hydroxyl groups is 1. The van der Waals surface area contributed by atoms with Crippen LogP contribution in [0.2, 0.25) is 0 Å². The van der Waals surface area contributed by atoms with Gasteiger partial charge in [-0.25, -0.2) is 0 Å². The van der Waals surface area contributed by atoms with Gasteiger partial charge in [-0.3, -0.25) is 0 Å². The second-order valence-electron chi connectivity index (χ2n) is 3.96. The fourth-order valence-corrected chi connectivity index (χ4v) is 2.68. The molecule has 0 saturated carbocycles. The van der Waals surface area contributed by atoms with Gasteiger partial charge >= 0.3 is 10.1 Å². The van der Waals surface area contributed by atoms with Crippen LogP contribution in [0.3, 0.4) is 0 Å². The molecule has 0 amide bonds. The summed E-state index contributed by atoms with van der Waals surface area (Å²) in [4.78, 5) is 0.0798. The SMILES string of the molecule is Cc1ccc(S(=O)(=O)Oc2ccc(I)c(O)c2)cc1. The molecule has 0 aromatic heterocycles. The Morgan fingerprint density at radius 2 is 1.74 bits per heavy atom. The summed E-state index contributed by atoms with van der Waals surface area (Å²) in [6, 6.07) is 10.7. The van der Waals surface area contributed by atoms with Crippen LogP contribution >= 0.6 is 22.6 Å². The average molecular weight is 390 g/mol. The molecule has 4 nitrogen and oxygen atoms in total. The van der Waals surface area contributed by atoms with E-state index in [1.165, 1.54) is 24.3 Å². The molecule has 0 aliphatic heterocycles. The summed E-state index contributed by atoms with van der Waals surface area (Å²) in [6.45, 7) is 1.87. The number of halogens is 1. The van der Waals surface area contributed by atoms with E-state index in [2.05, 4.69) is 0 Å². The van der Waals surface area contributed by atoms with Crippen molar-refractivity contribution < 1.29 is 17.7 Å². The zero-order chi connectivity index (χ0) is 14.0. The van der Waals surface area contributed by atoms with Crippen molar-refractivity contribution in [2.24, 2.45) is 0 Å². The van der Waals surface area contributed by atoms with Crippen LogP contribution in [0.25, 0.3) is 0 Å². The van der Waals surface area contributed by atoms with E-state index in [1.807, 2.05) is 29.5 Å². The molecule has 19 heavy (non-hydrogen) atoms. The maximum Gasteiger partial charge on any atom is 0.339 e. The Bertz CT molecular complexity index is 693. The smallest absolute Gasteiger partial charge is 0.339 e. The van der Waals surface area contributed by atoms with Gasteiger partial charge < -0.3 is 9.29 Å². The maximum atomic E-state index is 12.0. The van der Waals surface area contributed by atoms with Gasteiger partial charge in [0.05, 0.1) is 3.57 Å². The summed E-state index contributed by atoms with van der Waals surface area (Å²) >= 11 is 1.94. The number of rotatable bonds is 3. The third kappa shape index (κ3) is 3.38. The highest BCUT2D eigenvalue weighted by molar-refractivity contribution is 14.1. The summed E-state index contributed by atoms with van der Waals surface area (Å²) in [5, 5.41) is 9.52. The zero-order valence-corrected chi connectivity index (χ0v) is 13.0. The third-order valence-corrected chi connectivity index (χ3v) is 4.61. The van der Waals surface area contributed by atoms with Crippen LogP contribution in [0.15, 0.2) is 47.4 Å². The van der Waals surface area contributed by atoms with Crippen molar-refractivity contribution in [1.82, 2.24) is 0 Å². The molecule has 0 unspecified atom stereocenters. The molecule has 2 rings (SSSR count). The fraction of sp³-hybridized carbons (Fsp3) is 0.0769. The highest BCUT2D eigenvalue weighted by Gasteiger charge is 2.16. The first-order valence-electron chi connectivity index (χ1n) is 5.38. The highest BCUT2D eigenvalue weighted by atomic mass is 127. The maximum absolute atomic E-state index is 12.0. The Morgan fingerprint density at radius 1 is 1.11 bits per heavy atom. The highest BCUT2D eigenvalue weighted by Crippen LogP contribution is 2.27. The lowest BCUT2D eigenvalue weighted by atomic mass is 10.2. The molecular weight excluding hydrogens is 379 g/mol. The molecule has 0 spiro atoms. The molecule has 0 heterocycles. The Morgan fingerprint density at radius 3 is 2.32 bits per heavy atom. The van der Waals surface area contributed by atoms with Crippen LogP contribution in [0.5, 0.6) is 11.5 Å². The first kappa shape index (κ1) is 14.1. The van der Waals surface area contributed by atoms with Crippen LogP contribution in [-0.2, 0) is 10.1 Å². The van der Waals surface area contributed by atoms with Crippen molar-refractivity contribution in [2.75, 3.05) is 0 Å². The quantitative estimate of drug-likeness (QED) is 0.647. The van der Waals surface area contributed by atoms with E-state index in [9.17, 15) is 13.5 Å². The zero-order valence-electron chi connectivity index (χ0n) is 10.00. The van der Waals surface area contributed by atoms with E-state index in [4.69, 9.17) is 4.18 Å². The van der Waals surface area contributed by atoms with E-state index >= 15 is 0 Å². The van der Waals surface area contributed by atoms with E-state index < -0.39 is 10.1 Å². The van der Waals surface area contributed by atoms with Crippen LogP contribution in [0, 0.1) is 10.5 Å². The molecule has 6 heteroatoms. The summed E-state index contributed by atoms with van der Waals surface area (Å²) in [7, 11) is -3.87. The molecule has 2 aromatic rings. The summed E-state index contributed by atoms with van der Waals surface area (Å²) < 4.78 is 29.6. The topological polar surface area (TPSA) is 63.6 Å². The first-order chi connectivity index (χ1) is 8.88. The van der Waals surface area contributed by atoms with Gasteiger partial charge in [-0.2, -0.15) is 8.42 Å². The summed E-state index contributed by atoms with van der Waals surface area (Å²) in [5.74, 6) is 0.0655. The molecule has 0 radical (unpaired) electrons. The van der Waals surface area contributed by atoms with Crippen LogP contribution in [0.1, 0.15) is 5.56 Å². The predicted octanol–water partition coefficient (Wildman–Crippen LogP) is 3.07. The minimum absolute atomic E-state index is 0.0165. The van der Waals surface area contributed by atoms with Gasteiger partial charge in [0, 0.05) is 6.07 Å². The number of hydrogen-bond acceptors (Lipinski definition) is 4. The largest absolute Gasteiger partial charge is 0.507 e. The van der Waals surface area contributed by atoms with E-state index in [0.29, 0.717) is 3.57 Å². The van der Waals surface area contributed by atoms with Crippen molar-refractivity contribution in [3.05, 3.63) is 51.6 Å². The molecule has 0 aliphatic rings. The van der Waals surface area contributed by atoms with Gasteiger partial charge in [0.1, 0.15) is 16.4 Å². The van der Waals surface area contributed by atoms with Crippen molar-refractivity contribution in [1.29, 1.82) is 0 Å². The molecular formula is C13H11IO4S. The lowest BCUT2D eigenvalue weighted by molar-refractivity contribution is 0.460. The average Bonchev–Trinajstić information content (AvgIpc) is 2.34. The minimum Gasteiger partial charge on any atom is -0.507 e. The van der Waals surface area contributed by atoms with Crippen molar-refractivity contribution in [3.63, 3.8) is 0 Å². The Labute approximate surface area is 125 Å². The standard InChI is InChI=1S/C13H11IO4S/c1-9-2-5-11(6-3-9)19(16,17)18-10-4-7-12(14)13(15)8-10/h2-8,15H,1H3. The van der Waals surface area contributed by atoms with Crippen molar-refractivity contribution in [3.8, 4) is 11.5 Å². The summed E-state index contributed by atoms with van der Waals surface area (Å²) in [5.41, 5.74) is 0.964. The minimum atomic E-state index is -3.87.